The molecule has 0 aliphatic rings. The van der Waals surface area contributed by atoms with E-state index >= 15 is 0 Å². The van der Waals surface area contributed by atoms with Crippen LogP contribution in [0.2, 0.25) is 18.1 Å². The molecule has 0 aliphatic carbocycles. The van der Waals surface area contributed by atoms with Gasteiger partial charge in [0.15, 0.2) is 8.32 Å². The van der Waals surface area contributed by atoms with E-state index in [9.17, 15) is 0 Å². The first-order valence-electron chi connectivity index (χ1n) is 7.75. The topological polar surface area (TPSA) is 9.23 Å². The van der Waals surface area contributed by atoms with Crippen molar-refractivity contribution in [2.75, 3.05) is 6.61 Å². The molecule has 1 rings (SSSR count). The van der Waals surface area contributed by atoms with E-state index < -0.39 is 8.32 Å². The molecule has 0 heterocycles. The third-order valence-electron chi connectivity index (χ3n) is 4.35. The van der Waals surface area contributed by atoms with Crippen molar-refractivity contribution < 1.29 is 4.43 Å². The summed E-state index contributed by atoms with van der Waals surface area (Å²) >= 11 is 0. The lowest BCUT2D eigenvalue weighted by atomic mass is 10.1. The molecule has 1 aromatic rings. The minimum atomic E-state index is -1.68. The van der Waals surface area contributed by atoms with E-state index in [0.29, 0.717) is 6.61 Å². The summed E-state index contributed by atoms with van der Waals surface area (Å²) in [6.07, 6.45) is 6.29. The zero-order valence-corrected chi connectivity index (χ0v) is 15.3. The molecule has 0 saturated carbocycles. The molecule has 21 heavy (non-hydrogen) atoms. The van der Waals surface area contributed by atoms with Gasteiger partial charge in [-0.05, 0) is 42.1 Å². The second-order valence-corrected chi connectivity index (χ2v) is 11.9. The van der Waals surface area contributed by atoms with Crippen molar-refractivity contribution in [3.63, 3.8) is 0 Å². The number of hydrogen-bond acceptors (Lipinski definition) is 1. The van der Waals surface area contributed by atoms with Crippen LogP contribution in [0.5, 0.6) is 0 Å². The fourth-order valence-corrected chi connectivity index (χ4v) is 2.71. The second-order valence-electron chi connectivity index (χ2n) is 7.06. The fraction of sp³-hybridized carbons (Fsp3) is 0.474. The average molecular weight is 303 g/mol. The number of allylic oxidation sites excluding steroid dienone is 1. The van der Waals surface area contributed by atoms with Crippen molar-refractivity contribution in [2.45, 2.75) is 51.7 Å². The Morgan fingerprint density at radius 1 is 1.19 bits per heavy atom. The van der Waals surface area contributed by atoms with E-state index in [1.165, 1.54) is 11.1 Å². The molecule has 0 saturated heterocycles. The highest BCUT2D eigenvalue weighted by Gasteiger charge is 2.36. The number of hydrogen-bond donors (Lipinski definition) is 0. The smallest absolute Gasteiger partial charge is 0.192 e. The Kier molecular flexibility index (Phi) is 6.63. The zero-order chi connectivity index (χ0) is 15.9. The Balaban J connectivity index is 2.51. The van der Waals surface area contributed by atoms with Crippen molar-refractivity contribution in [1.82, 2.24) is 0 Å². The van der Waals surface area contributed by atoms with Crippen molar-refractivity contribution >= 4 is 8.32 Å². The average Bonchev–Trinajstić information content (AvgIpc) is 2.42. The molecule has 116 valence electrons. The minimum absolute atomic E-state index is 0.253. The van der Waals surface area contributed by atoms with Crippen molar-refractivity contribution in [2.24, 2.45) is 0 Å². The van der Waals surface area contributed by atoms with Crippen molar-refractivity contribution in [3.8, 4) is 0 Å². The third kappa shape index (κ3) is 6.02. The summed E-state index contributed by atoms with van der Waals surface area (Å²) in [5.41, 5.74) is 2.58. The van der Waals surface area contributed by atoms with Crippen LogP contribution in [0.25, 0.3) is 0 Å². The van der Waals surface area contributed by atoms with E-state index in [1.807, 2.05) is 6.08 Å². The maximum absolute atomic E-state index is 6.25. The maximum Gasteiger partial charge on any atom is 0.192 e. The van der Waals surface area contributed by atoms with Gasteiger partial charge in [0, 0.05) is 0 Å². The first kappa shape index (κ1) is 17.9. The molecular weight excluding hydrogens is 272 g/mol. The molecule has 1 aromatic carbocycles. The van der Waals surface area contributed by atoms with Crippen LogP contribution in [0.3, 0.4) is 0 Å². The monoisotopic (exact) mass is 302 g/mol. The minimum Gasteiger partial charge on any atom is -0.413 e. The molecule has 0 aliphatic heterocycles. The Morgan fingerprint density at radius 2 is 1.81 bits per heavy atom. The summed E-state index contributed by atoms with van der Waals surface area (Å²) in [6, 6.07) is 10.6. The molecule has 0 N–H and O–H groups in total. The van der Waals surface area contributed by atoms with Gasteiger partial charge in [-0.1, -0.05) is 69.8 Å². The van der Waals surface area contributed by atoms with E-state index in [2.05, 4.69) is 76.9 Å². The highest BCUT2D eigenvalue weighted by atomic mass is 28.4. The molecule has 0 fully saturated rings. The number of benzene rings is 1. The molecular formula is C19H30OSi. The normalized spacial score (nSPS) is 13.3. The molecule has 0 atom stereocenters. The van der Waals surface area contributed by atoms with Gasteiger partial charge in [0.2, 0.25) is 0 Å². The summed E-state index contributed by atoms with van der Waals surface area (Å²) in [5, 5.41) is 0.253. The lowest BCUT2D eigenvalue weighted by Crippen LogP contribution is -2.41. The molecule has 0 aromatic heterocycles. The van der Waals surface area contributed by atoms with E-state index in [-0.39, 0.29) is 5.04 Å². The molecule has 0 bridgehead atoms. The SMILES string of the molecule is C=C/C(=C\CCc1ccccc1)CO[Si](C)(C)C(C)(C)C. The standard InChI is InChI=1S/C19H30OSi/c1-7-17(16-20-21(5,6)19(2,3)4)14-11-15-18-12-9-8-10-13-18/h7-10,12-14H,1,11,15-16H2,2-6H3/b17-14+. The molecule has 0 unspecified atom stereocenters. The van der Waals surface area contributed by atoms with Crippen molar-refractivity contribution in [3.05, 3.63) is 60.2 Å². The quantitative estimate of drug-likeness (QED) is 0.460. The van der Waals surface area contributed by atoms with E-state index in [1.54, 1.807) is 0 Å². The van der Waals surface area contributed by atoms with Crippen LogP contribution in [0, 0.1) is 0 Å². The molecule has 0 spiro atoms. The van der Waals surface area contributed by atoms with Gasteiger partial charge in [-0.25, -0.2) is 0 Å². The van der Waals surface area contributed by atoms with Crippen LogP contribution < -0.4 is 0 Å². The van der Waals surface area contributed by atoms with Gasteiger partial charge in [0.25, 0.3) is 0 Å². The second kappa shape index (κ2) is 7.76. The van der Waals surface area contributed by atoms with Crippen LogP contribution in [0.15, 0.2) is 54.6 Å². The Labute approximate surface area is 131 Å². The van der Waals surface area contributed by atoms with E-state index in [4.69, 9.17) is 4.43 Å². The van der Waals surface area contributed by atoms with Gasteiger partial charge in [-0.3, -0.25) is 0 Å². The maximum atomic E-state index is 6.25. The van der Waals surface area contributed by atoms with Crippen molar-refractivity contribution in [1.29, 1.82) is 0 Å². The predicted octanol–water partition coefficient (Wildman–Crippen LogP) is 5.75. The molecule has 1 nitrogen and oxygen atoms in total. The first-order chi connectivity index (χ1) is 9.76. The molecule has 0 amide bonds. The first-order valence-corrected chi connectivity index (χ1v) is 10.7. The van der Waals surface area contributed by atoms with Crippen LogP contribution in [0.4, 0.5) is 0 Å². The Morgan fingerprint density at radius 3 is 2.33 bits per heavy atom. The summed E-state index contributed by atoms with van der Waals surface area (Å²) in [4.78, 5) is 0. The van der Waals surface area contributed by atoms with Gasteiger partial charge >= 0.3 is 0 Å². The van der Waals surface area contributed by atoms with Gasteiger partial charge in [-0.2, -0.15) is 0 Å². The fourth-order valence-electron chi connectivity index (χ4n) is 1.75. The zero-order valence-electron chi connectivity index (χ0n) is 14.3. The summed E-state index contributed by atoms with van der Waals surface area (Å²) in [6.45, 7) is 16.0. The van der Waals surface area contributed by atoms with Crippen LogP contribution in [-0.4, -0.2) is 14.9 Å². The van der Waals surface area contributed by atoms with Gasteiger partial charge < -0.3 is 4.43 Å². The lowest BCUT2D eigenvalue weighted by Gasteiger charge is -2.36. The molecule has 0 radical (unpaired) electrons. The summed E-state index contributed by atoms with van der Waals surface area (Å²) in [5.74, 6) is 0. The summed E-state index contributed by atoms with van der Waals surface area (Å²) < 4.78 is 6.25. The predicted molar refractivity (Wildman–Crippen MR) is 96.2 cm³/mol. The largest absolute Gasteiger partial charge is 0.413 e. The van der Waals surface area contributed by atoms with Crippen LogP contribution in [-0.2, 0) is 10.8 Å². The Bertz CT molecular complexity index is 466. The number of rotatable bonds is 7. The third-order valence-corrected chi connectivity index (χ3v) is 8.83. The van der Waals surface area contributed by atoms with Gasteiger partial charge in [0.1, 0.15) is 0 Å². The van der Waals surface area contributed by atoms with Gasteiger partial charge in [-0.15, -0.1) is 0 Å². The van der Waals surface area contributed by atoms with E-state index in [0.717, 1.165) is 12.8 Å². The number of aryl methyl sites for hydroxylation is 1. The summed E-state index contributed by atoms with van der Waals surface area (Å²) in [7, 11) is -1.68. The van der Waals surface area contributed by atoms with Crippen LogP contribution >= 0.6 is 0 Å². The highest BCUT2D eigenvalue weighted by Crippen LogP contribution is 2.36. The van der Waals surface area contributed by atoms with Gasteiger partial charge in [0.05, 0.1) is 6.61 Å². The lowest BCUT2D eigenvalue weighted by molar-refractivity contribution is 0.321. The van der Waals surface area contributed by atoms with Crippen LogP contribution in [0.1, 0.15) is 32.8 Å². The molecule has 2 heteroatoms. The highest BCUT2D eigenvalue weighted by molar-refractivity contribution is 6.74. The Hall–Kier alpha value is -1.12.